The first kappa shape index (κ1) is 21.4. The smallest absolute Gasteiger partial charge is 0.150 e. The Labute approximate surface area is 199 Å². The van der Waals surface area contributed by atoms with Crippen molar-refractivity contribution in [3.05, 3.63) is 119 Å². The predicted molar refractivity (Wildman–Crippen MR) is 141 cm³/mol. The molecule has 0 atom stereocenters. The second-order valence-corrected chi connectivity index (χ2v) is 8.35. The van der Waals surface area contributed by atoms with Crippen LogP contribution in [0.25, 0.3) is 40.0 Å². The summed E-state index contributed by atoms with van der Waals surface area (Å²) >= 11 is 0. The van der Waals surface area contributed by atoms with Gasteiger partial charge in [0.25, 0.3) is 0 Å². The summed E-state index contributed by atoms with van der Waals surface area (Å²) in [4.78, 5) is 1.53. The number of nitrogens with zero attached hydrogens (tertiary/aromatic N) is 3. The Morgan fingerprint density at radius 2 is 1.18 bits per heavy atom. The van der Waals surface area contributed by atoms with Crippen molar-refractivity contribution >= 4 is 34.3 Å². The fourth-order valence-electron chi connectivity index (χ4n) is 4.03. The molecule has 0 spiro atoms. The summed E-state index contributed by atoms with van der Waals surface area (Å²) in [6, 6.07) is 32.0. The molecule has 1 heterocycles. The molecule has 1 aromatic heterocycles. The lowest BCUT2D eigenvalue weighted by molar-refractivity contribution is 0.466. The second kappa shape index (κ2) is 9.20. The molecule has 0 saturated heterocycles. The van der Waals surface area contributed by atoms with Gasteiger partial charge < -0.3 is 5.11 Å². The molecule has 34 heavy (non-hydrogen) atoms. The highest BCUT2D eigenvalue weighted by Gasteiger charge is 2.16. The van der Waals surface area contributed by atoms with Crippen molar-refractivity contribution in [1.29, 1.82) is 0 Å². The van der Waals surface area contributed by atoms with Crippen LogP contribution in [-0.4, -0.2) is 20.1 Å². The number of benzene rings is 4. The van der Waals surface area contributed by atoms with Crippen LogP contribution in [0.4, 0.5) is 0 Å². The van der Waals surface area contributed by atoms with Crippen molar-refractivity contribution in [3.8, 4) is 11.4 Å². The topological polar surface area (TPSA) is 50.9 Å². The number of hydrogen-bond donors (Lipinski definition) is 1. The van der Waals surface area contributed by atoms with E-state index in [1.54, 1.807) is 0 Å². The van der Waals surface area contributed by atoms with Gasteiger partial charge in [0.2, 0.25) is 0 Å². The minimum Gasteiger partial charge on any atom is -0.505 e. The van der Waals surface area contributed by atoms with Crippen LogP contribution in [0, 0.1) is 0 Å². The molecule has 1 N–H and O–H groups in total. The van der Waals surface area contributed by atoms with Crippen molar-refractivity contribution < 1.29 is 5.11 Å². The highest BCUT2D eigenvalue weighted by molar-refractivity contribution is 5.88. The Morgan fingerprint density at radius 1 is 0.676 bits per heavy atom. The van der Waals surface area contributed by atoms with E-state index in [-0.39, 0.29) is 5.75 Å². The van der Waals surface area contributed by atoms with E-state index >= 15 is 0 Å². The Hall–Kier alpha value is -4.44. The molecule has 5 aromatic rings. The van der Waals surface area contributed by atoms with Crippen molar-refractivity contribution in [3.63, 3.8) is 0 Å². The fourth-order valence-corrected chi connectivity index (χ4v) is 4.03. The highest BCUT2D eigenvalue weighted by Crippen LogP contribution is 2.36. The summed E-state index contributed by atoms with van der Waals surface area (Å²) in [5.74, 6) is 0.154. The van der Waals surface area contributed by atoms with Gasteiger partial charge >= 0.3 is 0 Å². The van der Waals surface area contributed by atoms with Crippen LogP contribution in [0.2, 0.25) is 0 Å². The van der Waals surface area contributed by atoms with Gasteiger partial charge in [0.05, 0.1) is 0 Å². The molecule has 0 saturated carbocycles. The van der Waals surface area contributed by atoms with Gasteiger partial charge in [0.15, 0.2) is 5.75 Å². The van der Waals surface area contributed by atoms with Crippen LogP contribution < -0.4 is 0 Å². The molecular formula is C30H25N3O. The number of phenols is 1. The maximum absolute atomic E-state index is 11.4. The number of allylic oxidation sites excluding steroid dienone is 2. The first-order chi connectivity index (χ1) is 16.6. The van der Waals surface area contributed by atoms with E-state index in [4.69, 9.17) is 0 Å². The van der Waals surface area contributed by atoms with E-state index in [1.165, 1.54) is 4.80 Å². The quantitative estimate of drug-likeness (QED) is 0.291. The number of phenolic OH excluding ortho intramolecular Hbond substituents is 1. The monoisotopic (exact) mass is 443 g/mol. The van der Waals surface area contributed by atoms with Gasteiger partial charge in [0, 0.05) is 5.56 Å². The molecule has 0 radical (unpaired) electrons. The summed E-state index contributed by atoms with van der Waals surface area (Å²) in [6.07, 6.45) is 4.22. The number of aromatic nitrogens is 3. The number of rotatable bonds is 5. The molecule has 5 rings (SSSR count). The summed E-state index contributed by atoms with van der Waals surface area (Å²) < 4.78 is 0. The van der Waals surface area contributed by atoms with E-state index in [0.29, 0.717) is 5.69 Å². The Morgan fingerprint density at radius 3 is 1.74 bits per heavy atom. The third-order valence-electron chi connectivity index (χ3n) is 5.84. The molecule has 0 unspecified atom stereocenters. The molecule has 0 bridgehead atoms. The normalized spacial score (nSPS) is 12.3. The van der Waals surface area contributed by atoms with E-state index in [9.17, 15) is 5.11 Å². The second-order valence-electron chi connectivity index (χ2n) is 8.35. The van der Waals surface area contributed by atoms with Crippen molar-refractivity contribution in [2.24, 2.45) is 0 Å². The summed E-state index contributed by atoms with van der Waals surface area (Å²) in [5.41, 5.74) is 8.08. The minimum absolute atomic E-state index is 0.154. The molecule has 0 aliphatic carbocycles. The summed E-state index contributed by atoms with van der Waals surface area (Å²) in [5, 5.41) is 20.6. The average molecular weight is 444 g/mol. The first-order valence-electron chi connectivity index (χ1n) is 11.3. The zero-order chi connectivity index (χ0) is 23.5. The zero-order valence-corrected chi connectivity index (χ0v) is 19.2. The summed E-state index contributed by atoms with van der Waals surface area (Å²) in [6.45, 7) is 4.09. The molecule has 166 valence electrons. The SMILES string of the molecule is CC(=Cc1ccccc1)c1cc(C(C)=Cc2ccccc2)c(O)c(-n2nc3ccccc3n2)c1. The number of fused-ring (bicyclic) bond motifs is 1. The van der Waals surface area contributed by atoms with Crippen molar-refractivity contribution in [2.75, 3.05) is 0 Å². The van der Waals surface area contributed by atoms with E-state index in [1.807, 2.05) is 91.9 Å². The maximum Gasteiger partial charge on any atom is 0.150 e. The molecule has 4 nitrogen and oxygen atoms in total. The summed E-state index contributed by atoms with van der Waals surface area (Å²) in [7, 11) is 0. The average Bonchev–Trinajstić information content (AvgIpc) is 3.29. The lowest BCUT2D eigenvalue weighted by Gasteiger charge is -2.14. The van der Waals surface area contributed by atoms with E-state index in [2.05, 4.69) is 41.4 Å². The minimum atomic E-state index is 0.154. The molecule has 4 heteroatoms. The lowest BCUT2D eigenvalue weighted by atomic mass is 9.96. The fraction of sp³-hybridized carbons (Fsp3) is 0.0667. The van der Waals surface area contributed by atoms with Crippen LogP contribution in [-0.2, 0) is 0 Å². The van der Waals surface area contributed by atoms with Gasteiger partial charge in [-0.3, -0.25) is 0 Å². The van der Waals surface area contributed by atoms with E-state index in [0.717, 1.165) is 44.4 Å². The van der Waals surface area contributed by atoms with Crippen LogP contribution in [0.15, 0.2) is 97.1 Å². The van der Waals surface area contributed by atoms with Crippen LogP contribution >= 0.6 is 0 Å². The van der Waals surface area contributed by atoms with Crippen LogP contribution in [0.3, 0.4) is 0 Å². The van der Waals surface area contributed by atoms with Gasteiger partial charge in [-0.05, 0) is 65.9 Å². The van der Waals surface area contributed by atoms with Crippen molar-refractivity contribution in [2.45, 2.75) is 13.8 Å². The Kier molecular flexibility index (Phi) is 5.79. The molecule has 0 aliphatic rings. The lowest BCUT2D eigenvalue weighted by Crippen LogP contribution is -2.02. The van der Waals surface area contributed by atoms with Gasteiger partial charge in [-0.1, -0.05) is 84.9 Å². The standard InChI is InChI=1S/C30H25N3O/c1-21(17-23-11-5-3-6-12-23)25-19-26(22(2)18-24-13-7-4-8-14-24)30(34)29(20-25)33-31-27-15-9-10-16-28(27)32-33/h3-20,34H,1-2H3. The van der Waals surface area contributed by atoms with Gasteiger partial charge in [-0.2, -0.15) is 0 Å². The van der Waals surface area contributed by atoms with Crippen LogP contribution in [0.1, 0.15) is 36.1 Å². The van der Waals surface area contributed by atoms with Gasteiger partial charge in [-0.25, -0.2) is 0 Å². The largest absolute Gasteiger partial charge is 0.505 e. The number of hydrogen-bond acceptors (Lipinski definition) is 3. The molecule has 0 amide bonds. The first-order valence-corrected chi connectivity index (χ1v) is 11.3. The third-order valence-corrected chi connectivity index (χ3v) is 5.84. The third kappa shape index (κ3) is 4.39. The zero-order valence-electron chi connectivity index (χ0n) is 19.2. The Balaban J connectivity index is 1.69. The number of aromatic hydroxyl groups is 1. The van der Waals surface area contributed by atoms with E-state index < -0.39 is 0 Å². The van der Waals surface area contributed by atoms with Crippen LogP contribution in [0.5, 0.6) is 5.75 Å². The highest BCUT2D eigenvalue weighted by atomic mass is 16.3. The molecular weight excluding hydrogens is 418 g/mol. The Bertz CT molecular complexity index is 1480. The van der Waals surface area contributed by atoms with Gasteiger partial charge in [0.1, 0.15) is 16.7 Å². The van der Waals surface area contributed by atoms with Crippen molar-refractivity contribution in [1.82, 2.24) is 15.0 Å². The maximum atomic E-state index is 11.4. The molecule has 4 aromatic carbocycles. The van der Waals surface area contributed by atoms with Gasteiger partial charge in [-0.15, -0.1) is 15.0 Å². The molecule has 0 fully saturated rings. The predicted octanol–water partition coefficient (Wildman–Crippen LogP) is 7.25. The molecule has 0 aliphatic heterocycles.